The lowest BCUT2D eigenvalue weighted by molar-refractivity contribution is -0.181. The molecule has 2 aliphatic heterocycles. The van der Waals surface area contributed by atoms with Gasteiger partial charge in [-0.2, -0.15) is 0 Å². The summed E-state index contributed by atoms with van der Waals surface area (Å²) in [5, 5.41) is 25.0. The number of benzene rings is 2. The molecule has 1 fully saturated rings. The third-order valence-corrected chi connectivity index (χ3v) is 9.65. The molecule has 3 heterocycles. The van der Waals surface area contributed by atoms with E-state index in [1.807, 2.05) is 24.3 Å². The molecule has 4 aliphatic rings. The summed E-state index contributed by atoms with van der Waals surface area (Å²) in [5.74, 6) is 0.780. The Bertz CT molecular complexity index is 1470. The topological polar surface area (TPSA) is 130 Å². The lowest BCUT2D eigenvalue weighted by Crippen LogP contribution is -2.75. The fourth-order valence-electron chi connectivity index (χ4n) is 8.17. The number of likely N-dealkylation sites (tertiary alicyclic amines) is 1. The van der Waals surface area contributed by atoms with Crippen LogP contribution in [0.1, 0.15) is 61.1 Å². The molecule has 2 bridgehead atoms. The zero-order valence-electron chi connectivity index (χ0n) is 21.7. The molecular weight excluding hydrogens is 478 g/mol. The highest BCUT2D eigenvalue weighted by Crippen LogP contribution is 2.68. The molecule has 198 valence electrons. The van der Waals surface area contributed by atoms with E-state index >= 15 is 0 Å². The average Bonchev–Trinajstić information content (AvgIpc) is 3.24. The van der Waals surface area contributed by atoms with Crippen molar-refractivity contribution in [3.05, 3.63) is 64.8 Å². The Labute approximate surface area is 222 Å². The van der Waals surface area contributed by atoms with Crippen LogP contribution < -0.4 is 16.2 Å². The molecule has 1 unspecified atom stereocenters. The van der Waals surface area contributed by atoms with Gasteiger partial charge in [0.15, 0.2) is 23.6 Å². The van der Waals surface area contributed by atoms with E-state index in [-0.39, 0.29) is 23.8 Å². The van der Waals surface area contributed by atoms with Gasteiger partial charge in [0.1, 0.15) is 0 Å². The number of guanidine groups is 1. The summed E-state index contributed by atoms with van der Waals surface area (Å²) < 4.78 is 6.65. The Morgan fingerprint density at radius 2 is 2.05 bits per heavy atom. The number of aliphatic hydroxyl groups is 1. The van der Waals surface area contributed by atoms with Crippen LogP contribution in [-0.2, 0) is 18.3 Å². The number of fused-ring (bicyclic) bond motifs is 3. The number of hydrogen-bond acceptors (Lipinski definition) is 6. The molecule has 0 radical (unpaired) electrons. The van der Waals surface area contributed by atoms with Crippen LogP contribution in [-0.4, -0.2) is 56.8 Å². The van der Waals surface area contributed by atoms with Crippen molar-refractivity contribution in [1.82, 2.24) is 9.88 Å². The molecule has 2 aliphatic carbocycles. The summed E-state index contributed by atoms with van der Waals surface area (Å²) in [4.78, 5) is 11.9. The molecule has 1 aromatic heterocycles. The minimum Gasteiger partial charge on any atom is -0.504 e. The zero-order valence-corrected chi connectivity index (χ0v) is 21.7. The van der Waals surface area contributed by atoms with Crippen LogP contribution in [0.5, 0.6) is 11.5 Å². The van der Waals surface area contributed by atoms with Crippen LogP contribution in [0.2, 0.25) is 0 Å². The van der Waals surface area contributed by atoms with Gasteiger partial charge in [-0.05, 0) is 61.6 Å². The minimum absolute atomic E-state index is 0.0966. The molecule has 0 amide bonds. The molecule has 1 saturated heterocycles. The second-order valence-corrected chi connectivity index (χ2v) is 11.5. The molecule has 5 atom stereocenters. The Kier molecular flexibility index (Phi) is 5.20. The first-order chi connectivity index (χ1) is 18.4. The number of aliphatic imine (C=N–C) groups is 1. The summed E-state index contributed by atoms with van der Waals surface area (Å²) >= 11 is 0. The predicted octanol–water partition coefficient (Wildman–Crippen LogP) is 3.06. The number of nitrogens with two attached hydrogens (primary N) is 2. The number of nitrogens with zero attached hydrogens (tertiary/aromatic N) is 3. The number of ether oxygens (including phenoxy) is 1. The number of pyridine rings is 1. The van der Waals surface area contributed by atoms with Crippen LogP contribution >= 0.6 is 0 Å². The molecule has 1 spiro atoms. The fraction of sp³-hybridized carbons (Fsp3) is 0.467. The van der Waals surface area contributed by atoms with Gasteiger partial charge < -0.3 is 26.4 Å². The van der Waals surface area contributed by atoms with E-state index in [1.165, 1.54) is 0 Å². The van der Waals surface area contributed by atoms with Crippen LogP contribution in [0.3, 0.4) is 0 Å². The summed E-state index contributed by atoms with van der Waals surface area (Å²) in [5.41, 5.74) is 14.5. The SMILES string of the molecule is CCCC(CCN=C(N)N)N1CC[C@]23c4c5ccc(O)c4O[C@H]2c2nc4ccccc4cc2C[C@@]3(O)[C@H]1C5. The number of aromatic hydroxyl groups is 1. The number of hydrogen-bond donors (Lipinski definition) is 4. The van der Waals surface area contributed by atoms with Crippen molar-refractivity contribution < 1.29 is 14.9 Å². The molecule has 3 aromatic rings. The number of phenolic OH excluding ortho intramolecular Hbond substituents is 1. The third-order valence-electron chi connectivity index (χ3n) is 9.65. The summed E-state index contributed by atoms with van der Waals surface area (Å²) in [6.45, 7) is 3.60. The Balaban J connectivity index is 1.40. The van der Waals surface area contributed by atoms with Gasteiger partial charge >= 0.3 is 0 Å². The van der Waals surface area contributed by atoms with E-state index in [2.05, 4.69) is 28.9 Å². The van der Waals surface area contributed by atoms with Gasteiger partial charge in [-0.25, -0.2) is 4.98 Å². The van der Waals surface area contributed by atoms with Crippen LogP contribution in [0, 0.1) is 0 Å². The van der Waals surface area contributed by atoms with Crippen molar-refractivity contribution in [2.24, 2.45) is 16.5 Å². The number of phenols is 1. The van der Waals surface area contributed by atoms with Crippen molar-refractivity contribution in [1.29, 1.82) is 0 Å². The first-order valence-electron chi connectivity index (χ1n) is 13.8. The average molecular weight is 514 g/mol. The molecular formula is C30H35N5O3. The van der Waals surface area contributed by atoms with E-state index < -0.39 is 17.1 Å². The molecule has 38 heavy (non-hydrogen) atoms. The van der Waals surface area contributed by atoms with Gasteiger partial charge in [0.2, 0.25) is 0 Å². The van der Waals surface area contributed by atoms with Gasteiger partial charge in [0, 0.05) is 36.0 Å². The maximum atomic E-state index is 13.0. The lowest BCUT2D eigenvalue weighted by Gasteiger charge is -2.64. The highest BCUT2D eigenvalue weighted by Gasteiger charge is 2.73. The van der Waals surface area contributed by atoms with Gasteiger partial charge in [-0.1, -0.05) is 37.6 Å². The maximum Gasteiger partial charge on any atom is 0.185 e. The molecule has 7 rings (SSSR count). The van der Waals surface area contributed by atoms with E-state index in [9.17, 15) is 10.2 Å². The Morgan fingerprint density at radius 3 is 2.87 bits per heavy atom. The quantitative estimate of drug-likeness (QED) is 0.294. The normalized spacial score (nSPS) is 29.3. The van der Waals surface area contributed by atoms with Crippen molar-refractivity contribution in [3.63, 3.8) is 0 Å². The highest BCUT2D eigenvalue weighted by atomic mass is 16.5. The van der Waals surface area contributed by atoms with Gasteiger partial charge in [0.05, 0.1) is 22.2 Å². The molecule has 8 heteroatoms. The standard InChI is InChI=1S/C30H35N5O3/c1-2-5-20(10-12-33-28(31)32)35-13-11-29-24-18-8-9-22(36)26(24)38-27(29)25-19(16-30(29,37)23(35)15-18)14-17-6-3-4-7-21(17)34-25/h3-4,6-9,14,20,23,27,36-37H,2,5,10-13,15-16H2,1H3,(H4,31,32,33)/t20?,23-,27+,29+,30-/m1/s1. The van der Waals surface area contributed by atoms with Gasteiger partial charge in [0.25, 0.3) is 0 Å². The zero-order chi connectivity index (χ0) is 26.2. The summed E-state index contributed by atoms with van der Waals surface area (Å²) in [7, 11) is 0. The summed E-state index contributed by atoms with van der Waals surface area (Å²) in [6, 6.07) is 14.2. The van der Waals surface area contributed by atoms with Gasteiger partial charge in [-0.3, -0.25) is 9.89 Å². The van der Waals surface area contributed by atoms with Crippen LogP contribution in [0.4, 0.5) is 0 Å². The molecule has 2 aromatic carbocycles. The maximum absolute atomic E-state index is 13.0. The first-order valence-corrected chi connectivity index (χ1v) is 13.8. The highest BCUT2D eigenvalue weighted by molar-refractivity contribution is 5.80. The lowest BCUT2D eigenvalue weighted by atomic mass is 9.48. The van der Waals surface area contributed by atoms with Crippen molar-refractivity contribution in [2.75, 3.05) is 13.1 Å². The number of aromatic nitrogens is 1. The van der Waals surface area contributed by atoms with Crippen LogP contribution in [0.25, 0.3) is 10.9 Å². The largest absolute Gasteiger partial charge is 0.504 e. The van der Waals surface area contributed by atoms with E-state index in [0.29, 0.717) is 25.1 Å². The minimum atomic E-state index is -1.07. The van der Waals surface area contributed by atoms with Crippen molar-refractivity contribution in [3.8, 4) is 11.5 Å². The molecule has 8 nitrogen and oxygen atoms in total. The monoisotopic (exact) mass is 513 g/mol. The second kappa shape index (κ2) is 8.32. The van der Waals surface area contributed by atoms with Crippen molar-refractivity contribution >= 4 is 16.9 Å². The number of para-hydroxylation sites is 1. The van der Waals surface area contributed by atoms with E-state index in [4.69, 9.17) is 21.2 Å². The van der Waals surface area contributed by atoms with E-state index in [0.717, 1.165) is 65.5 Å². The van der Waals surface area contributed by atoms with Gasteiger partial charge in [-0.15, -0.1) is 0 Å². The number of rotatable bonds is 6. The second-order valence-electron chi connectivity index (χ2n) is 11.5. The smallest absolute Gasteiger partial charge is 0.185 e. The Hall–Kier alpha value is -3.36. The fourth-order valence-corrected chi connectivity index (χ4v) is 8.17. The van der Waals surface area contributed by atoms with Crippen LogP contribution in [0.15, 0.2) is 47.5 Å². The predicted molar refractivity (Wildman–Crippen MR) is 146 cm³/mol. The van der Waals surface area contributed by atoms with Crippen molar-refractivity contribution in [2.45, 2.75) is 74.7 Å². The molecule has 0 saturated carbocycles. The van der Waals surface area contributed by atoms with E-state index in [1.54, 1.807) is 6.07 Å². The number of piperidine rings is 1. The summed E-state index contributed by atoms with van der Waals surface area (Å²) in [6.07, 6.45) is 4.37. The Morgan fingerprint density at radius 1 is 1.21 bits per heavy atom. The first kappa shape index (κ1) is 23.7. The third kappa shape index (κ3) is 3.04. The molecule has 6 N–H and O–H groups in total.